The summed E-state index contributed by atoms with van der Waals surface area (Å²) in [5, 5.41) is 5.73. The Morgan fingerprint density at radius 1 is 1.00 bits per heavy atom. The molecule has 0 N–H and O–H groups in total. The number of nitrogens with zero attached hydrogens (tertiary/aromatic N) is 4. The first-order valence-corrected chi connectivity index (χ1v) is 7.92. The lowest BCUT2D eigenvalue weighted by atomic mass is 10.2. The third-order valence-electron chi connectivity index (χ3n) is 4.55. The molecule has 2 aromatic heterocycles. The molecule has 0 saturated heterocycles. The molecule has 5 rings (SSSR count). The van der Waals surface area contributed by atoms with Crippen LogP contribution in [0.3, 0.4) is 0 Å². The van der Waals surface area contributed by atoms with Gasteiger partial charge in [0, 0.05) is 23.7 Å². The fourth-order valence-electron chi connectivity index (χ4n) is 3.52. The lowest BCUT2D eigenvalue weighted by Crippen LogP contribution is -2.16. The molecular formula is C19H16N4. The first-order chi connectivity index (χ1) is 11.3. The number of fused-ring (bicyclic) bond motifs is 4. The number of anilines is 2. The summed E-state index contributed by atoms with van der Waals surface area (Å²) in [6.45, 7) is 2.98. The molecule has 0 saturated carbocycles. The van der Waals surface area contributed by atoms with Gasteiger partial charge in [0.15, 0.2) is 5.65 Å². The lowest BCUT2D eigenvalue weighted by Gasteiger charge is -2.20. The predicted molar refractivity (Wildman–Crippen MR) is 92.4 cm³/mol. The van der Waals surface area contributed by atoms with Gasteiger partial charge in [0.2, 0.25) is 0 Å². The molecule has 0 bridgehead atoms. The van der Waals surface area contributed by atoms with E-state index in [1.807, 2.05) is 17.5 Å². The van der Waals surface area contributed by atoms with Crippen molar-refractivity contribution >= 4 is 28.1 Å². The van der Waals surface area contributed by atoms with Gasteiger partial charge < -0.3 is 4.90 Å². The molecule has 0 atom stereocenters. The van der Waals surface area contributed by atoms with E-state index in [0.717, 1.165) is 41.0 Å². The molecule has 1 aliphatic rings. The molecule has 0 spiro atoms. The zero-order chi connectivity index (χ0) is 15.4. The zero-order valence-electron chi connectivity index (χ0n) is 12.9. The summed E-state index contributed by atoms with van der Waals surface area (Å²) < 4.78 is 1.94. The highest BCUT2D eigenvalue weighted by Gasteiger charge is 2.23. The van der Waals surface area contributed by atoms with Crippen molar-refractivity contribution in [1.29, 1.82) is 0 Å². The summed E-state index contributed by atoms with van der Waals surface area (Å²) in [4.78, 5) is 7.26. The fraction of sp³-hybridized carbons (Fsp3) is 0.158. The van der Waals surface area contributed by atoms with Gasteiger partial charge in [-0.15, -0.1) is 0 Å². The largest absolute Gasteiger partial charge is 0.325 e. The summed E-state index contributed by atoms with van der Waals surface area (Å²) in [6, 6.07) is 19.0. The minimum atomic E-state index is 0.903. The minimum Gasteiger partial charge on any atom is -0.325 e. The Morgan fingerprint density at radius 2 is 1.83 bits per heavy atom. The third-order valence-corrected chi connectivity index (χ3v) is 4.55. The van der Waals surface area contributed by atoms with Gasteiger partial charge in [0.25, 0.3) is 0 Å². The Kier molecular flexibility index (Phi) is 2.50. The van der Waals surface area contributed by atoms with Crippen LogP contribution >= 0.6 is 0 Å². The quantitative estimate of drug-likeness (QED) is 0.535. The molecule has 4 heteroatoms. The van der Waals surface area contributed by atoms with Crippen LogP contribution in [0.5, 0.6) is 0 Å². The normalized spacial score (nSPS) is 13.9. The van der Waals surface area contributed by atoms with Crippen molar-refractivity contribution in [3.63, 3.8) is 0 Å². The van der Waals surface area contributed by atoms with Crippen LogP contribution < -0.4 is 4.90 Å². The lowest BCUT2D eigenvalue weighted by molar-refractivity contribution is 0.939. The number of hydrogen-bond donors (Lipinski definition) is 0. The summed E-state index contributed by atoms with van der Waals surface area (Å²) in [6.07, 6.45) is 1.07. The van der Waals surface area contributed by atoms with Crippen LogP contribution in [0.25, 0.3) is 16.6 Å². The van der Waals surface area contributed by atoms with Gasteiger partial charge in [-0.05, 0) is 37.1 Å². The molecule has 2 aromatic carbocycles. The maximum absolute atomic E-state index is 4.93. The van der Waals surface area contributed by atoms with E-state index in [2.05, 4.69) is 58.5 Å². The second-order valence-electron chi connectivity index (χ2n) is 6.04. The van der Waals surface area contributed by atoms with Crippen molar-refractivity contribution < 1.29 is 0 Å². The minimum absolute atomic E-state index is 0.903. The van der Waals surface area contributed by atoms with Crippen molar-refractivity contribution in [2.75, 3.05) is 11.4 Å². The van der Waals surface area contributed by atoms with E-state index < -0.39 is 0 Å². The number of benzene rings is 2. The first-order valence-electron chi connectivity index (χ1n) is 7.92. The van der Waals surface area contributed by atoms with Gasteiger partial charge in [0.1, 0.15) is 5.82 Å². The van der Waals surface area contributed by atoms with Crippen LogP contribution in [0.15, 0.2) is 54.6 Å². The topological polar surface area (TPSA) is 33.4 Å². The predicted octanol–water partition coefficient (Wildman–Crippen LogP) is 3.89. The Hall–Kier alpha value is -2.88. The number of para-hydroxylation sites is 2. The van der Waals surface area contributed by atoms with Crippen molar-refractivity contribution in [2.45, 2.75) is 13.3 Å². The molecule has 0 aliphatic carbocycles. The summed E-state index contributed by atoms with van der Waals surface area (Å²) in [5.41, 5.74) is 5.65. The van der Waals surface area contributed by atoms with Crippen molar-refractivity contribution in [2.24, 2.45) is 0 Å². The van der Waals surface area contributed by atoms with Crippen molar-refractivity contribution in [3.8, 4) is 0 Å². The SMILES string of the molecule is Cc1cc2nc(N3CCc4ccccc43)c3ccccc3n2n1. The Morgan fingerprint density at radius 3 is 2.78 bits per heavy atom. The van der Waals surface area contributed by atoms with E-state index in [9.17, 15) is 0 Å². The zero-order valence-corrected chi connectivity index (χ0v) is 12.9. The highest BCUT2D eigenvalue weighted by molar-refractivity contribution is 5.94. The van der Waals surface area contributed by atoms with E-state index in [4.69, 9.17) is 4.98 Å². The van der Waals surface area contributed by atoms with Crippen LogP contribution in [0.4, 0.5) is 11.5 Å². The molecule has 4 nitrogen and oxygen atoms in total. The molecule has 0 radical (unpaired) electrons. The molecular weight excluding hydrogens is 284 g/mol. The average Bonchev–Trinajstić information content (AvgIpc) is 3.17. The van der Waals surface area contributed by atoms with Gasteiger partial charge >= 0.3 is 0 Å². The molecule has 0 amide bonds. The first kappa shape index (κ1) is 12.6. The van der Waals surface area contributed by atoms with Gasteiger partial charge in [-0.25, -0.2) is 9.50 Å². The van der Waals surface area contributed by atoms with Crippen LogP contribution in [-0.4, -0.2) is 21.1 Å². The summed E-state index contributed by atoms with van der Waals surface area (Å²) >= 11 is 0. The smallest absolute Gasteiger partial charge is 0.158 e. The molecule has 23 heavy (non-hydrogen) atoms. The van der Waals surface area contributed by atoms with E-state index in [1.165, 1.54) is 11.3 Å². The molecule has 1 aliphatic heterocycles. The molecule has 0 fully saturated rings. The van der Waals surface area contributed by atoms with Gasteiger partial charge in [0.05, 0.1) is 11.2 Å². The van der Waals surface area contributed by atoms with Crippen LogP contribution in [0.2, 0.25) is 0 Å². The maximum Gasteiger partial charge on any atom is 0.158 e. The molecule has 4 aromatic rings. The van der Waals surface area contributed by atoms with E-state index in [1.54, 1.807) is 0 Å². The standard InChI is InChI=1S/C19H16N4/c1-13-12-18-20-19(15-7-3-5-9-17(15)23(18)21-13)22-11-10-14-6-2-4-8-16(14)22/h2-9,12H,10-11H2,1H3. The highest BCUT2D eigenvalue weighted by atomic mass is 15.3. The Balaban J connectivity index is 1.84. The van der Waals surface area contributed by atoms with E-state index >= 15 is 0 Å². The summed E-state index contributed by atoms with van der Waals surface area (Å²) in [7, 11) is 0. The van der Waals surface area contributed by atoms with E-state index in [-0.39, 0.29) is 0 Å². The Bertz CT molecular complexity index is 1050. The van der Waals surface area contributed by atoms with Crippen molar-refractivity contribution in [3.05, 3.63) is 65.9 Å². The van der Waals surface area contributed by atoms with Gasteiger partial charge in [-0.1, -0.05) is 30.3 Å². The van der Waals surface area contributed by atoms with Crippen LogP contribution in [0.1, 0.15) is 11.3 Å². The van der Waals surface area contributed by atoms with Crippen LogP contribution in [-0.2, 0) is 6.42 Å². The number of rotatable bonds is 1. The number of hydrogen-bond acceptors (Lipinski definition) is 3. The average molecular weight is 300 g/mol. The maximum atomic E-state index is 4.93. The Labute approximate surface area is 134 Å². The second kappa shape index (κ2) is 4.56. The van der Waals surface area contributed by atoms with Gasteiger partial charge in [-0.3, -0.25) is 0 Å². The number of aromatic nitrogens is 3. The second-order valence-corrected chi connectivity index (χ2v) is 6.04. The molecule has 112 valence electrons. The van der Waals surface area contributed by atoms with E-state index in [0.29, 0.717) is 0 Å². The monoisotopic (exact) mass is 300 g/mol. The van der Waals surface area contributed by atoms with Crippen molar-refractivity contribution in [1.82, 2.24) is 14.6 Å². The van der Waals surface area contributed by atoms with Gasteiger partial charge in [-0.2, -0.15) is 5.10 Å². The molecule has 3 heterocycles. The van der Waals surface area contributed by atoms with Crippen LogP contribution in [0, 0.1) is 6.92 Å². The third kappa shape index (κ3) is 1.78. The summed E-state index contributed by atoms with van der Waals surface area (Å²) in [5.74, 6) is 1.03. The highest BCUT2D eigenvalue weighted by Crippen LogP contribution is 2.37. The fourth-order valence-corrected chi connectivity index (χ4v) is 3.52. The molecule has 0 unspecified atom stereocenters. The number of aryl methyl sites for hydroxylation is 1.